The Bertz CT molecular complexity index is 860. The Balaban J connectivity index is 0.000000439. The van der Waals surface area contributed by atoms with E-state index in [0.29, 0.717) is 17.9 Å². The van der Waals surface area contributed by atoms with E-state index in [-0.39, 0.29) is 31.0 Å². The zero-order valence-corrected chi connectivity index (χ0v) is 19.7. The molecule has 3 rings (SSSR count). The fourth-order valence-electron chi connectivity index (χ4n) is 3.65. The van der Waals surface area contributed by atoms with Gasteiger partial charge in [-0.05, 0) is 49.6 Å². The average Bonchev–Trinajstić information content (AvgIpc) is 2.75. The third kappa shape index (κ3) is 7.78. The zero-order chi connectivity index (χ0) is 23.7. The Labute approximate surface area is 198 Å². The van der Waals surface area contributed by atoms with Gasteiger partial charge in [-0.3, -0.25) is 9.59 Å². The number of nitrogens with zero attached hydrogens (tertiary/aromatic N) is 1. The molecule has 0 spiro atoms. The molecule has 2 aromatic carbocycles. The summed E-state index contributed by atoms with van der Waals surface area (Å²) < 4.78 is 5.56. The van der Waals surface area contributed by atoms with Crippen LogP contribution < -0.4 is 0 Å². The van der Waals surface area contributed by atoms with Crippen LogP contribution in [0.1, 0.15) is 44.7 Å². The lowest BCUT2D eigenvalue weighted by Crippen LogP contribution is -2.54. The third-order valence-corrected chi connectivity index (χ3v) is 5.65. The SMILES string of the molecule is CC[C@@H](CC(C)O)N1C(=O)C(CC(=O)O)OC[C@H]1c1ccc(Cl)cc1.Clc1ccccc1. The molecular weight excluding hydrogens is 453 g/mol. The highest BCUT2D eigenvalue weighted by atomic mass is 35.5. The first kappa shape index (κ1) is 26.1. The maximum absolute atomic E-state index is 12.9. The van der Waals surface area contributed by atoms with Crippen molar-refractivity contribution in [3.63, 3.8) is 0 Å². The van der Waals surface area contributed by atoms with Crippen LogP contribution in [0.2, 0.25) is 10.0 Å². The van der Waals surface area contributed by atoms with Crippen LogP contribution in [0.5, 0.6) is 0 Å². The number of carbonyl (C=O) groups is 2. The van der Waals surface area contributed by atoms with Crippen molar-refractivity contribution in [1.82, 2.24) is 4.90 Å². The fraction of sp³-hybridized carbons (Fsp3) is 0.417. The van der Waals surface area contributed by atoms with E-state index in [1.807, 2.05) is 49.4 Å². The predicted octanol–water partition coefficient (Wildman–Crippen LogP) is 4.97. The molecule has 1 saturated heterocycles. The molecule has 0 aromatic heterocycles. The van der Waals surface area contributed by atoms with Crippen molar-refractivity contribution in [2.75, 3.05) is 6.61 Å². The number of halogens is 2. The number of morpholine rings is 1. The Morgan fingerprint density at radius 2 is 1.72 bits per heavy atom. The molecule has 0 radical (unpaired) electrons. The van der Waals surface area contributed by atoms with E-state index in [2.05, 4.69) is 0 Å². The van der Waals surface area contributed by atoms with Crippen LogP contribution in [0.3, 0.4) is 0 Å². The molecule has 0 bridgehead atoms. The molecule has 1 aliphatic rings. The second kappa shape index (κ2) is 12.8. The minimum atomic E-state index is -1.08. The van der Waals surface area contributed by atoms with E-state index in [1.54, 1.807) is 24.0 Å². The van der Waals surface area contributed by atoms with Crippen LogP contribution in [-0.4, -0.2) is 51.8 Å². The Morgan fingerprint density at radius 1 is 1.12 bits per heavy atom. The summed E-state index contributed by atoms with van der Waals surface area (Å²) in [5.74, 6) is -1.42. The second-order valence-corrected chi connectivity index (χ2v) is 8.55. The Hall–Kier alpha value is -2.12. The number of aliphatic hydroxyl groups excluding tert-OH is 1. The molecule has 0 aliphatic carbocycles. The van der Waals surface area contributed by atoms with Gasteiger partial charge in [0, 0.05) is 16.1 Å². The predicted molar refractivity (Wildman–Crippen MR) is 125 cm³/mol. The monoisotopic (exact) mass is 481 g/mol. The molecule has 2 unspecified atom stereocenters. The van der Waals surface area contributed by atoms with Gasteiger partial charge in [-0.15, -0.1) is 0 Å². The molecule has 1 amide bonds. The summed E-state index contributed by atoms with van der Waals surface area (Å²) in [4.78, 5) is 25.6. The first-order valence-electron chi connectivity index (χ1n) is 10.5. The zero-order valence-electron chi connectivity index (χ0n) is 18.2. The lowest BCUT2D eigenvalue weighted by atomic mass is 9.96. The van der Waals surface area contributed by atoms with Gasteiger partial charge in [0.1, 0.15) is 6.10 Å². The highest BCUT2D eigenvalue weighted by molar-refractivity contribution is 6.30. The molecule has 1 aliphatic heterocycles. The average molecular weight is 482 g/mol. The molecule has 1 fully saturated rings. The first-order chi connectivity index (χ1) is 15.2. The molecular formula is C24H29Cl2NO5. The van der Waals surface area contributed by atoms with Gasteiger partial charge in [-0.1, -0.05) is 60.5 Å². The lowest BCUT2D eigenvalue weighted by Gasteiger charge is -2.44. The van der Waals surface area contributed by atoms with Gasteiger partial charge in [0.25, 0.3) is 5.91 Å². The van der Waals surface area contributed by atoms with Gasteiger partial charge in [0.05, 0.1) is 25.2 Å². The summed E-state index contributed by atoms with van der Waals surface area (Å²) in [5.41, 5.74) is 0.871. The van der Waals surface area contributed by atoms with E-state index in [4.69, 9.17) is 33.0 Å². The molecule has 32 heavy (non-hydrogen) atoms. The number of ether oxygens (including phenoxy) is 1. The maximum atomic E-state index is 12.9. The van der Waals surface area contributed by atoms with E-state index in [0.717, 1.165) is 10.6 Å². The lowest BCUT2D eigenvalue weighted by molar-refractivity contribution is -0.170. The third-order valence-electron chi connectivity index (χ3n) is 5.15. The molecule has 6 nitrogen and oxygen atoms in total. The van der Waals surface area contributed by atoms with Crippen LogP contribution >= 0.6 is 23.2 Å². The summed E-state index contributed by atoms with van der Waals surface area (Å²) in [6.45, 7) is 3.84. The van der Waals surface area contributed by atoms with Gasteiger partial charge < -0.3 is 19.8 Å². The molecule has 2 N–H and O–H groups in total. The van der Waals surface area contributed by atoms with Gasteiger partial charge in [-0.25, -0.2) is 0 Å². The maximum Gasteiger partial charge on any atom is 0.306 e. The number of carboxylic acids is 1. The van der Waals surface area contributed by atoms with Gasteiger partial charge in [0.15, 0.2) is 0 Å². The van der Waals surface area contributed by atoms with Gasteiger partial charge in [0.2, 0.25) is 0 Å². The van der Waals surface area contributed by atoms with Crippen molar-refractivity contribution in [3.8, 4) is 0 Å². The fourth-order valence-corrected chi connectivity index (χ4v) is 3.92. The van der Waals surface area contributed by atoms with Crippen molar-refractivity contribution < 1.29 is 24.5 Å². The summed E-state index contributed by atoms with van der Waals surface area (Å²) in [6.07, 6.45) is -0.853. The van der Waals surface area contributed by atoms with Crippen molar-refractivity contribution in [1.29, 1.82) is 0 Å². The van der Waals surface area contributed by atoms with E-state index < -0.39 is 18.2 Å². The number of carbonyl (C=O) groups excluding carboxylic acids is 1. The van der Waals surface area contributed by atoms with Crippen LogP contribution in [0.15, 0.2) is 54.6 Å². The largest absolute Gasteiger partial charge is 0.481 e. The second-order valence-electron chi connectivity index (χ2n) is 7.68. The number of hydrogen-bond acceptors (Lipinski definition) is 4. The summed E-state index contributed by atoms with van der Waals surface area (Å²) in [6, 6.07) is 16.1. The number of hydrogen-bond donors (Lipinski definition) is 2. The first-order valence-corrected chi connectivity index (χ1v) is 11.3. The van der Waals surface area contributed by atoms with Crippen LogP contribution in [0.4, 0.5) is 0 Å². The van der Waals surface area contributed by atoms with Crippen molar-refractivity contribution >= 4 is 35.1 Å². The molecule has 4 atom stereocenters. The van der Waals surface area contributed by atoms with Gasteiger partial charge in [-0.2, -0.15) is 0 Å². The highest BCUT2D eigenvalue weighted by Gasteiger charge is 2.41. The smallest absolute Gasteiger partial charge is 0.306 e. The summed E-state index contributed by atoms with van der Waals surface area (Å²) in [5, 5.41) is 20.2. The number of aliphatic hydroxyl groups is 1. The van der Waals surface area contributed by atoms with Crippen LogP contribution in [0, 0.1) is 0 Å². The Morgan fingerprint density at radius 3 is 2.19 bits per heavy atom. The minimum absolute atomic E-state index is 0.201. The number of amides is 1. The normalized spacial score (nSPS) is 20.2. The molecule has 2 aromatic rings. The number of benzene rings is 2. The van der Waals surface area contributed by atoms with Crippen molar-refractivity contribution in [2.24, 2.45) is 0 Å². The van der Waals surface area contributed by atoms with E-state index in [9.17, 15) is 14.7 Å². The van der Waals surface area contributed by atoms with E-state index in [1.165, 1.54) is 0 Å². The minimum Gasteiger partial charge on any atom is -0.481 e. The van der Waals surface area contributed by atoms with Crippen LogP contribution in [0.25, 0.3) is 0 Å². The molecule has 1 heterocycles. The summed E-state index contributed by atoms with van der Waals surface area (Å²) >= 11 is 11.5. The van der Waals surface area contributed by atoms with Crippen LogP contribution in [-0.2, 0) is 14.3 Å². The quantitative estimate of drug-likeness (QED) is 0.582. The molecule has 8 heteroatoms. The Kier molecular flexibility index (Phi) is 10.5. The van der Waals surface area contributed by atoms with Crippen molar-refractivity contribution in [2.45, 2.75) is 57.4 Å². The number of carboxylic acid groups (broad SMARTS) is 1. The van der Waals surface area contributed by atoms with E-state index >= 15 is 0 Å². The number of rotatable bonds is 7. The molecule has 0 saturated carbocycles. The standard InChI is InChI=1S/C18H24ClNO5.C6H5Cl/c1-3-14(8-11(2)21)20-15(12-4-6-13(19)7-5-12)10-25-16(18(20)24)9-17(22)23;7-6-4-2-1-3-5-6/h4-7,11,14-16,21H,3,8-10H2,1-2H3,(H,22,23);1-5H/t11?,14-,15-,16?;/m0./s1. The molecule has 174 valence electrons. The highest BCUT2D eigenvalue weighted by Crippen LogP contribution is 2.33. The number of aliphatic carboxylic acids is 1. The topological polar surface area (TPSA) is 87.1 Å². The van der Waals surface area contributed by atoms with Crippen molar-refractivity contribution in [3.05, 3.63) is 70.2 Å². The summed E-state index contributed by atoms with van der Waals surface area (Å²) in [7, 11) is 0. The van der Waals surface area contributed by atoms with Gasteiger partial charge >= 0.3 is 5.97 Å².